The van der Waals surface area contributed by atoms with Gasteiger partial charge < -0.3 is 10.1 Å². The van der Waals surface area contributed by atoms with E-state index in [1.165, 1.54) is 12.1 Å². The van der Waals surface area contributed by atoms with E-state index in [1.807, 2.05) is 0 Å². The third kappa shape index (κ3) is 3.40. The van der Waals surface area contributed by atoms with Gasteiger partial charge in [0.1, 0.15) is 16.5 Å². The molecule has 2 aromatic carbocycles. The van der Waals surface area contributed by atoms with Gasteiger partial charge in [-0.3, -0.25) is 9.52 Å². The van der Waals surface area contributed by atoms with E-state index in [2.05, 4.69) is 41.9 Å². The van der Waals surface area contributed by atoms with E-state index in [0.29, 0.717) is 11.4 Å². The number of nitrogens with one attached hydrogen (secondary N) is 2. The fourth-order valence-corrected chi connectivity index (χ4v) is 5.72. The second-order valence-electron chi connectivity index (χ2n) is 4.85. The van der Waals surface area contributed by atoms with Crippen molar-refractivity contribution < 1.29 is 22.3 Å². The van der Waals surface area contributed by atoms with Crippen LogP contribution in [0.5, 0.6) is 5.75 Å². The molecule has 1 aliphatic heterocycles. The smallest absolute Gasteiger partial charge is 0.264 e. The molecule has 2 aromatic rings. The van der Waals surface area contributed by atoms with Crippen molar-refractivity contribution >= 4 is 59.2 Å². The average molecular weight is 480 g/mol. The Bertz CT molecular complexity index is 927. The maximum Gasteiger partial charge on any atom is 0.264 e. The third-order valence-electron chi connectivity index (χ3n) is 3.10. The number of carbonyl (C=O) groups is 1. The van der Waals surface area contributed by atoms with Crippen molar-refractivity contribution in [2.45, 2.75) is 4.90 Å². The van der Waals surface area contributed by atoms with Crippen molar-refractivity contribution in [2.24, 2.45) is 0 Å². The van der Waals surface area contributed by atoms with Gasteiger partial charge in [0.05, 0.1) is 11.4 Å². The van der Waals surface area contributed by atoms with Crippen LogP contribution in [0.1, 0.15) is 0 Å². The summed E-state index contributed by atoms with van der Waals surface area (Å²) in [6.45, 7) is -0.0897. The zero-order chi connectivity index (χ0) is 17.5. The van der Waals surface area contributed by atoms with Gasteiger partial charge in [-0.05, 0) is 62.2 Å². The number of amides is 1. The molecule has 0 fully saturated rings. The van der Waals surface area contributed by atoms with Gasteiger partial charge in [0.15, 0.2) is 6.61 Å². The zero-order valence-corrected chi connectivity index (χ0v) is 15.8. The predicted octanol–water partition coefficient (Wildman–Crippen LogP) is 3.48. The summed E-state index contributed by atoms with van der Waals surface area (Å²) in [5.41, 5.74) is 0.589. The molecule has 2 N–H and O–H groups in total. The Morgan fingerprint density at radius 2 is 1.83 bits per heavy atom. The van der Waals surface area contributed by atoms with Crippen LogP contribution in [0.4, 0.5) is 15.8 Å². The Hall–Kier alpha value is -1.65. The van der Waals surface area contributed by atoms with Crippen molar-refractivity contribution in [3.05, 3.63) is 45.1 Å². The molecule has 0 aliphatic carbocycles. The second-order valence-corrected chi connectivity index (χ2v) is 8.18. The van der Waals surface area contributed by atoms with Gasteiger partial charge in [0.25, 0.3) is 15.9 Å². The van der Waals surface area contributed by atoms with Crippen LogP contribution in [0.25, 0.3) is 0 Å². The number of hydrogen-bond donors (Lipinski definition) is 2. The molecule has 1 heterocycles. The third-order valence-corrected chi connectivity index (χ3v) is 6.35. The molecule has 126 valence electrons. The summed E-state index contributed by atoms with van der Waals surface area (Å²) >= 11 is 6.10. The molecule has 0 saturated carbocycles. The van der Waals surface area contributed by atoms with E-state index in [0.717, 1.165) is 12.1 Å². The van der Waals surface area contributed by atoms with Gasteiger partial charge >= 0.3 is 0 Å². The number of benzene rings is 2. The van der Waals surface area contributed by atoms with Crippen molar-refractivity contribution in [1.29, 1.82) is 0 Å². The summed E-state index contributed by atoms with van der Waals surface area (Å²) in [5.74, 6) is -0.463. The molecule has 0 bridgehead atoms. The molecule has 0 spiro atoms. The second kappa shape index (κ2) is 6.34. The fourth-order valence-electron chi connectivity index (χ4n) is 2.14. The normalized spacial score (nSPS) is 13.7. The lowest BCUT2D eigenvalue weighted by molar-refractivity contribution is -0.118. The van der Waals surface area contributed by atoms with Crippen LogP contribution in [-0.4, -0.2) is 20.9 Å². The minimum absolute atomic E-state index is 0.0801. The highest BCUT2D eigenvalue weighted by molar-refractivity contribution is 9.11. The lowest BCUT2D eigenvalue weighted by atomic mass is 10.2. The lowest BCUT2D eigenvalue weighted by Gasteiger charge is -2.19. The van der Waals surface area contributed by atoms with Gasteiger partial charge in [-0.1, -0.05) is 0 Å². The first-order chi connectivity index (χ1) is 11.3. The predicted molar refractivity (Wildman–Crippen MR) is 93.2 cm³/mol. The summed E-state index contributed by atoms with van der Waals surface area (Å²) in [7, 11) is -4.00. The van der Waals surface area contributed by atoms with E-state index in [-0.39, 0.29) is 32.0 Å². The van der Waals surface area contributed by atoms with Crippen LogP contribution in [0.2, 0.25) is 0 Å². The highest BCUT2D eigenvalue weighted by atomic mass is 79.9. The number of rotatable bonds is 3. The minimum atomic E-state index is -4.00. The monoisotopic (exact) mass is 478 g/mol. The summed E-state index contributed by atoms with van der Waals surface area (Å²) in [6.07, 6.45) is 0. The first-order valence-electron chi connectivity index (χ1n) is 6.50. The fraction of sp³-hybridized carbons (Fsp3) is 0.0714. The quantitative estimate of drug-likeness (QED) is 0.705. The average Bonchev–Trinajstić information content (AvgIpc) is 2.44. The Morgan fingerprint density at radius 3 is 2.50 bits per heavy atom. The van der Waals surface area contributed by atoms with Crippen LogP contribution in [0.3, 0.4) is 0 Å². The molecule has 10 heteroatoms. The first-order valence-corrected chi connectivity index (χ1v) is 9.57. The van der Waals surface area contributed by atoms with Crippen LogP contribution in [-0.2, 0) is 14.8 Å². The Labute approximate surface area is 153 Å². The van der Waals surface area contributed by atoms with Crippen LogP contribution < -0.4 is 14.8 Å². The van der Waals surface area contributed by atoms with Crippen molar-refractivity contribution in [3.63, 3.8) is 0 Å². The first kappa shape index (κ1) is 17.2. The Kier molecular flexibility index (Phi) is 4.54. The number of fused-ring (bicyclic) bond motifs is 1. The van der Waals surface area contributed by atoms with E-state index >= 15 is 0 Å². The van der Waals surface area contributed by atoms with Crippen LogP contribution in [0.15, 0.2) is 44.2 Å². The van der Waals surface area contributed by atoms with Crippen molar-refractivity contribution in [2.75, 3.05) is 16.6 Å². The molecule has 3 rings (SSSR count). The molecular weight excluding hydrogens is 471 g/mol. The number of carbonyl (C=O) groups excluding carboxylic acids is 1. The van der Waals surface area contributed by atoms with Crippen LogP contribution >= 0.6 is 31.9 Å². The number of anilines is 2. The van der Waals surface area contributed by atoms with Gasteiger partial charge in [-0.25, -0.2) is 12.8 Å². The van der Waals surface area contributed by atoms with Gasteiger partial charge in [-0.2, -0.15) is 0 Å². The summed E-state index contributed by atoms with van der Waals surface area (Å²) in [6, 6.07) is 6.59. The minimum Gasteiger partial charge on any atom is -0.482 e. The number of hydrogen-bond acceptors (Lipinski definition) is 4. The number of sulfonamides is 1. The molecule has 0 saturated heterocycles. The molecule has 6 nitrogen and oxygen atoms in total. The molecule has 1 amide bonds. The maximum absolute atomic E-state index is 13.3. The Balaban J connectivity index is 1.96. The topological polar surface area (TPSA) is 84.5 Å². The van der Waals surface area contributed by atoms with Gasteiger partial charge in [0.2, 0.25) is 0 Å². The zero-order valence-electron chi connectivity index (χ0n) is 11.8. The van der Waals surface area contributed by atoms with Gasteiger partial charge in [-0.15, -0.1) is 0 Å². The van der Waals surface area contributed by atoms with Crippen molar-refractivity contribution in [3.8, 4) is 5.75 Å². The van der Waals surface area contributed by atoms with Gasteiger partial charge in [0, 0.05) is 8.95 Å². The summed E-state index contributed by atoms with van der Waals surface area (Å²) < 4.78 is 46.2. The largest absolute Gasteiger partial charge is 0.482 e. The molecular formula is C14H9Br2FN2O4S. The van der Waals surface area contributed by atoms with E-state index in [4.69, 9.17) is 4.74 Å². The number of halogens is 3. The lowest BCUT2D eigenvalue weighted by Crippen LogP contribution is -2.25. The maximum atomic E-state index is 13.3. The highest BCUT2D eigenvalue weighted by Gasteiger charge is 2.23. The van der Waals surface area contributed by atoms with E-state index in [1.54, 1.807) is 6.07 Å². The molecule has 0 atom stereocenters. The Morgan fingerprint density at radius 1 is 1.17 bits per heavy atom. The standard InChI is InChI=1S/C14H9Br2FN2O4S/c15-9-3-7(17)4-10(16)14(9)24(21,22)19-8-1-2-12-11(5-8)18-13(20)6-23-12/h1-5,19H,6H2,(H,18,20). The molecule has 0 unspecified atom stereocenters. The SMILES string of the molecule is O=C1COc2ccc(NS(=O)(=O)c3c(Br)cc(F)cc3Br)cc2N1. The van der Waals surface area contributed by atoms with Crippen molar-refractivity contribution in [1.82, 2.24) is 0 Å². The molecule has 0 radical (unpaired) electrons. The van der Waals surface area contributed by atoms with Crippen LogP contribution in [0, 0.1) is 5.82 Å². The van der Waals surface area contributed by atoms with E-state index in [9.17, 15) is 17.6 Å². The molecule has 0 aromatic heterocycles. The summed E-state index contributed by atoms with van der Waals surface area (Å²) in [5, 5.41) is 2.59. The highest BCUT2D eigenvalue weighted by Crippen LogP contribution is 2.34. The number of ether oxygens (including phenoxy) is 1. The van der Waals surface area contributed by atoms with E-state index < -0.39 is 15.8 Å². The molecule has 24 heavy (non-hydrogen) atoms. The molecule has 1 aliphatic rings. The summed E-state index contributed by atoms with van der Waals surface area (Å²) in [4.78, 5) is 11.2.